The van der Waals surface area contributed by atoms with E-state index in [9.17, 15) is 18.0 Å². The van der Waals surface area contributed by atoms with Crippen LogP contribution in [-0.2, 0) is 26.8 Å². The van der Waals surface area contributed by atoms with Gasteiger partial charge in [-0.15, -0.1) is 0 Å². The maximum Gasteiger partial charge on any atom is 0.229 e. The minimum atomic E-state index is -3.76. The molecule has 0 atom stereocenters. The number of anilines is 1. The van der Waals surface area contributed by atoms with Crippen molar-refractivity contribution in [3.63, 3.8) is 0 Å². The Bertz CT molecular complexity index is 1450. The smallest absolute Gasteiger partial charge is 0.229 e. The van der Waals surface area contributed by atoms with Gasteiger partial charge in [0, 0.05) is 24.1 Å². The lowest BCUT2D eigenvalue weighted by molar-refractivity contribution is -0.118. The van der Waals surface area contributed by atoms with Crippen molar-refractivity contribution >= 4 is 33.2 Å². The fourth-order valence-electron chi connectivity index (χ4n) is 4.42. The highest BCUT2D eigenvalue weighted by Crippen LogP contribution is 2.41. The van der Waals surface area contributed by atoms with Gasteiger partial charge in [0.15, 0.2) is 23.1 Å². The second-order valence-electron chi connectivity index (χ2n) is 10.5. The highest BCUT2D eigenvalue weighted by Gasteiger charge is 2.33. The Labute approximate surface area is 233 Å². The molecule has 0 radical (unpaired) electrons. The molecule has 0 saturated heterocycles. The molecule has 0 bridgehead atoms. The molecule has 3 rings (SSSR count). The van der Waals surface area contributed by atoms with Gasteiger partial charge in [0.05, 0.1) is 44.9 Å². The molecule has 0 aliphatic carbocycles. The molecule has 0 unspecified atom stereocenters. The van der Waals surface area contributed by atoms with Crippen molar-refractivity contribution in [1.29, 1.82) is 5.41 Å². The number of ketones is 1. The number of amides is 1. The van der Waals surface area contributed by atoms with Crippen molar-refractivity contribution in [2.45, 2.75) is 45.6 Å². The molecule has 2 aromatic rings. The third-order valence-corrected chi connectivity index (χ3v) is 6.86. The summed E-state index contributed by atoms with van der Waals surface area (Å²) in [6.07, 6.45) is 1.40. The summed E-state index contributed by atoms with van der Waals surface area (Å²) in [5, 5.41) is 8.54. The lowest BCUT2D eigenvalue weighted by Gasteiger charge is -2.26. The number of methoxy groups -OCH3 is 2. The number of amidine groups is 1. The number of carbonyl (C=O) groups excluding carboxylic acids is 2. The lowest BCUT2D eigenvalue weighted by Crippen LogP contribution is -2.31. The third kappa shape index (κ3) is 6.82. The third-order valence-electron chi connectivity index (χ3n) is 6.27. The Kier molecular flexibility index (Phi) is 8.97. The van der Waals surface area contributed by atoms with E-state index in [1.54, 1.807) is 12.1 Å². The maximum absolute atomic E-state index is 15.2. The Morgan fingerprint density at radius 3 is 2.38 bits per heavy atom. The Morgan fingerprint density at radius 2 is 1.82 bits per heavy atom. The highest BCUT2D eigenvalue weighted by molar-refractivity contribution is 7.92. The van der Waals surface area contributed by atoms with Crippen LogP contribution in [0.25, 0.3) is 0 Å². The number of nitrogens with two attached hydrogens (primary N) is 1. The summed E-state index contributed by atoms with van der Waals surface area (Å²) < 4.78 is 58.2. The predicted octanol–water partition coefficient (Wildman–Crippen LogP) is 3.18. The molecule has 11 nitrogen and oxygen atoms in total. The van der Waals surface area contributed by atoms with Gasteiger partial charge in [-0.3, -0.25) is 19.7 Å². The van der Waals surface area contributed by atoms with Crippen molar-refractivity contribution in [2.24, 2.45) is 5.73 Å². The van der Waals surface area contributed by atoms with Crippen molar-refractivity contribution in [3.8, 4) is 17.2 Å². The summed E-state index contributed by atoms with van der Waals surface area (Å²) in [7, 11) is -1.08. The number of benzene rings is 2. The van der Waals surface area contributed by atoms with Crippen molar-refractivity contribution in [1.82, 2.24) is 4.90 Å². The minimum Gasteiger partial charge on any atom is -0.493 e. The van der Waals surface area contributed by atoms with Crippen molar-refractivity contribution in [3.05, 3.63) is 46.3 Å². The summed E-state index contributed by atoms with van der Waals surface area (Å²) in [5.74, 6) is -1.54. The van der Waals surface area contributed by atoms with Gasteiger partial charge in [0.1, 0.15) is 11.6 Å². The molecular weight excluding hydrogens is 543 g/mol. The van der Waals surface area contributed by atoms with E-state index in [1.165, 1.54) is 25.2 Å². The van der Waals surface area contributed by atoms with Crippen LogP contribution in [0.3, 0.4) is 0 Å². The van der Waals surface area contributed by atoms with Crippen LogP contribution in [-0.4, -0.2) is 64.5 Å². The second-order valence-corrected chi connectivity index (χ2v) is 12.3. The van der Waals surface area contributed by atoms with E-state index in [4.69, 9.17) is 25.4 Å². The van der Waals surface area contributed by atoms with Gasteiger partial charge in [-0.25, -0.2) is 12.8 Å². The zero-order valence-electron chi connectivity index (χ0n) is 23.4. The zero-order valence-corrected chi connectivity index (χ0v) is 24.3. The summed E-state index contributed by atoms with van der Waals surface area (Å²) in [6, 6.07) is 4.58. The van der Waals surface area contributed by atoms with E-state index in [2.05, 4.69) is 4.72 Å². The minimum absolute atomic E-state index is 0.0278. The maximum atomic E-state index is 15.2. The molecule has 0 saturated carbocycles. The monoisotopic (exact) mass is 578 g/mol. The molecule has 218 valence electrons. The van der Waals surface area contributed by atoms with E-state index in [-0.39, 0.29) is 66.0 Å². The summed E-state index contributed by atoms with van der Waals surface area (Å²) in [6.45, 7) is 5.57. The van der Waals surface area contributed by atoms with E-state index in [0.29, 0.717) is 17.5 Å². The molecular formula is C27H35FN4O7S. The zero-order chi connectivity index (χ0) is 30.0. The Morgan fingerprint density at radius 1 is 1.15 bits per heavy atom. The topological polar surface area (TPSA) is 161 Å². The molecule has 1 aliphatic rings. The van der Waals surface area contributed by atoms with Crippen LogP contribution in [0.4, 0.5) is 10.1 Å². The van der Waals surface area contributed by atoms with E-state index in [0.717, 1.165) is 6.26 Å². The first-order chi connectivity index (χ1) is 18.6. The standard InChI is InChI=1S/C27H35FN4O7S/c1-27(2,3)17-10-15(11-18(31-40(6,35)36)24(17)39-9-7-8-21(29)34)19(33)14-32-13-16-12-20(37-4)25(38-5)23(28)22(16)26(32)30/h10-12,30-31H,7-9,13-14H2,1-6H3,(H2,29,34). The normalized spacial score (nSPS) is 13.2. The molecule has 0 spiro atoms. The van der Waals surface area contributed by atoms with E-state index < -0.39 is 32.9 Å². The SMILES string of the molecule is COc1cc2c(c(F)c1OC)C(=N)N(CC(=O)c1cc(NS(C)(=O)=O)c(OCCCC(N)=O)c(C(C)(C)C)c1)C2. The molecule has 4 N–H and O–H groups in total. The number of rotatable bonds is 12. The molecule has 1 amide bonds. The number of hydrogen-bond acceptors (Lipinski definition) is 8. The van der Waals surface area contributed by atoms with Gasteiger partial charge in [-0.05, 0) is 35.6 Å². The highest BCUT2D eigenvalue weighted by atomic mass is 32.2. The van der Waals surface area contributed by atoms with Crippen LogP contribution in [0.5, 0.6) is 17.2 Å². The van der Waals surface area contributed by atoms with Crippen LogP contribution in [0.2, 0.25) is 0 Å². The largest absolute Gasteiger partial charge is 0.493 e. The van der Waals surface area contributed by atoms with Gasteiger partial charge in [-0.1, -0.05) is 20.8 Å². The number of ether oxygens (including phenoxy) is 3. The molecule has 13 heteroatoms. The molecule has 1 aliphatic heterocycles. The molecule has 2 aromatic carbocycles. The predicted molar refractivity (Wildman–Crippen MR) is 149 cm³/mol. The summed E-state index contributed by atoms with van der Waals surface area (Å²) >= 11 is 0. The second kappa shape index (κ2) is 11.7. The quantitative estimate of drug-likeness (QED) is 0.256. The number of hydrogen-bond donors (Lipinski definition) is 3. The summed E-state index contributed by atoms with van der Waals surface area (Å²) in [5.41, 5.74) is 5.94. The Hall–Kier alpha value is -3.87. The van der Waals surface area contributed by atoms with Crippen LogP contribution in [0, 0.1) is 11.2 Å². The van der Waals surface area contributed by atoms with Gasteiger partial charge in [0.2, 0.25) is 15.9 Å². The number of nitrogens with zero attached hydrogens (tertiary/aromatic N) is 1. The fourth-order valence-corrected chi connectivity index (χ4v) is 4.97. The van der Waals surface area contributed by atoms with Crippen LogP contribution in [0.15, 0.2) is 18.2 Å². The molecule has 1 heterocycles. The van der Waals surface area contributed by atoms with Crippen LogP contribution < -0.4 is 24.7 Å². The molecule has 0 fully saturated rings. The van der Waals surface area contributed by atoms with Gasteiger partial charge < -0.3 is 24.8 Å². The number of nitrogens with one attached hydrogen (secondary N) is 2. The van der Waals surface area contributed by atoms with E-state index in [1.807, 2.05) is 20.8 Å². The molecule has 40 heavy (non-hydrogen) atoms. The average molecular weight is 579 g/mol. The molecule has 0 aromatic heterocycles. The van der Waals surface area contributed by atoms with E-state index >= 15 is 4.39 Å². The van der Waals surface area contributed by atoms with Crippen LogP contribution in [0.1, 0.15) is 60.7 Å². The van der Waals surface area contributed by atoms with Crippen LogP contribution >= 0.6 is 0 Å². The van der Waals surface area contributed by atoms with Gasteiger partial charge in [0.25, 0.3) is 0 Å². The lowest BCUT2D eigenvalue weighted by atomic mass is 9.84. The number of halogens is 1. The first kappa shape index (κ1) is 30.7. The number of carbonyl (C=O) groups is 2. The number of Topliss-reactive ketones (excluding diaryl/α,β-unsaturated/α-hetero) is 1. The number of primary amides is 1. The first-order valence-corrected chi connectivity index (χ1v) is 14.3. The number of sulfonamides is 1. The average Bonchev–Trinajstić information content (AvgIpc) is 3.15. The van der Waals surface area contributed by atoms with Crippen molar-refractivity contribution < 1.29 is 36.6 Å². The van der Waals surface area contributed by atoms with Gasteiger partial charge >= 0.3 is 0 Å². The summed E-state index contributed by atoms with van der Waals surface area (Å²) in [4.78, 5) is 26.1. The van der Waals surface area contributed by atoms with Gasteiger partial charge in [-0.2, -0.15) is 0 Å². The van der Waals surface area contributed by atoms with Crippen molar-refractivity contribution in [2.75, 3.05) is 38.3 Å². The fraction of sp³-hybridized carbons (Fsp3) is 0.444. The number of fused-ring (bicyclic) bond motifs is 1. The first-order valence-electron chi connectivity index (χ1n) is 12.4. The Balaban J connectivity index is 1.98.